The molecule has 0 aliphatic carbocycles. The molecule has 140 valence electrons. The summed E-state index contributed by atoms with van der Waals surface area (Å²) in [5.74, 6) is 0.610. The number of amides is 1. The lowest BCUT2D eigenvalue weighted by Gasteiger charge is -2.26. The van der Waals surface area contributed by atoms with E-state index >= 15 is 0 Å². The molecule has 0 atom stereocenters. The van der Waals surface area contributed by atoms with E-state index in [2.05, 4.69) is 25.2 Å². The summed E-state index contributed by atoms with van der Waals surface area (Å²) in [5, 5.41) is 3.01. The van der Waals surface area contributed by atoms with Gasteiger partial charge in [0.15, 0.2) is 5.65 Å². The highest BCUT2D eigenvalue weighted by molar-refractivity contribution is 6.04. The van der Waals surface area contributed by atoms with Crippen molar-refractivity contribution in [2.24, 2.45) is 0 Å². The van der Waals surface area contributed by atoms with Gasteiger partial charge < -0.3 is 15.0 Å². The van der Waals surface area contributed by atoms with Gasteiger partial charge in [-0.2, -0.15) is 0 Å². The Kier molecular flexibility index (Phi) is 5.41. The third-order valence-electron chi connectivity index (χ3n) is 4.72. The largest absolute Gasteiger partial charge is 0.379 e. The number of imidazole rings is 1. The number of hydrogen-bond donors (Lipinski definition) is 2. The predicted molar refractivity (Wildman–Crippen MR) is 104 cm³/mol. The van der Waals surface area contributed by atoms with Crippen molar-refractivity contribution >= 4 is 17.1 Å². The van der Waals surface area contributed by atoms with Crippen LogP contribution in [0.15, 0.2) is 42.6 Å². The maximum absolute atomic E-state index is 12.6. The number of carbonyl (C=O) groups excluding carboxylic acids is 1. The molecule has 27 heavy (non-hydrogen) atoms. The number of morpholine rings is 1. The van der Waals surface area contributed by atoms with E-state index in [0.717, 1.165) is 44.8 Å². The minimum absolute atomic E-state index is 0.104. The zero-order valence-electron chi connectivity index (χ0n) is 15.1. The molecule has 7 nitrogen and oxygen atoms in total. The number of aromatic nitrogens is 3. The SMILES string of the molecule is O=C(NCCCN1CCOCC1)c1ccnc2nc(-c3ccccc3)[nH]c12. The standard InChI is InChI=1S/C20H23N5O2/c26-20(22-8-4-10-25-11-13-27-14-12-25)16-7-9-21-19-17(16)23-18(24-19)15-5-2-1-3-6-15/h1-3,5-7,9H,4,8,10-14H2,(H,22,26)(H,21,23,24). The highest BCUT2D eigenvalue weighted by atomic mass is 16.5. The molecular weight excluding hydrogens is 342 g/mol. The maximum atomic E-state index is 12.6. The third kappa shape index (κ3) is 4.15. The number of rotatable bonds is 6. The van der Waals surface area contributed by atoms with E-state index in [0.29, 0.717) is 29.1 Å². The highest BCUT2D eigenvalue weighted by Gasteiger charge is 2.15. The lowest BCUT2D eigenvalue weighted by atomic mass is 10.2. The highest BCUT2D eigenvalue weighted by Crippen LogP contribution is 2.21. The molecule has 1 saturated heterocycles. The Bertz CT molecular complexity index is 903. The van der Waals surface area contributed by atoms with Crippen LogP contribution in [0.1, 0.15) is 16.8 Å². The van der Waals surface area contributed by atoms with Crippen LogP contribution in [-0.2, 0) is 4.74 Å². The van der Waals surface area contributed by atoms with E-state index in [-0.39, 0.29) is 5.91 Å². The van der Waals surface area contributed by atoms with Crippen LogP contribution in [0, 0.1) is 0 Å². The van der Waals surface area contributed by atoms with Crippen LogP contribution in [0.5, 0.6) is 0 Å². The topological polar surface area (TPSA) is 83.1 Å². The van der Waals surface area contributed by atoms with Gasteiger partial charge in [0.2, 0.25) is 0 Å². The summed E-state index contributed by atoms with van der Waals surface area (Å²) in [7, 11) is 0. The minimum atomic E-state index is -0.104. The second-order valence-electron chi connectivity index (χ2n) is 6.57. The van der Waals surface area contributed by atoms with Gasteiger partial charge in [-0.1, -0.05) is 30.3 Å². The lowest BCUT2D eigenvalue weighted by Crippen LogP contribution is -2.38. The van der Waals surface area contributed by atoms with E-state index in [4.69, 9.17) is 4.74 Å². The Morgan fingerprint density at radius 2 is 2.00 bits per heavy atom. The molecule has 1 aliphatic heterocycles. The molecule has 2 N–H and O–H groups in total. The van der Waals surface area contributed by atoms with Crippen molar-refractivity contribution in [1.82, 2.24) is 25.2 Å². The van der Waals surface area contributed by atoms with E-state index in [1.165, 1.54) is 0 Å². The molecule has 1 aliphatic rings. The molecule has 0 saturated carbocycles. The number of ether oxygens (including phenoxy) is 1. The molecule has 0 radical (unpaired) electrons. The number of hydrogen-bond acceptors (Lipinski definition) is 5. The number of fused-ring (bicyclic) bond motifs is 1. The molecule has 0 unspecified atom stereocenters. The fourth-order valence-electron chi connectivity index (χ4n) is 3.26. The molecule has 3 aromatic rings. The first kappa shape index (κ1) is 17.6. The van der Waals surface area contributed by atoms with Crippen LogP contribution in [0.4, 0.5) is 0 Å². The Balaban J connectivity index is 1.41. The van der Waals surface area contributed by atoms with E-state index in [9.17, 15) is 4.79 Å². The minimum Gasteiger partial charge on any atom is -0.379 e. The molecule has 1 fully saturated rings. The summed E-state index contributed by atoms with van der Waals surface area (Å²) in [6, 6.07) is 11.6. The molecule has 7 heteroatoms. The number of aromatic amines is 1. The van der Waals surface area contributed by atoms with Gasteiger partial charge in [-0.15, -0.1) is 0 Å². The Morgan fingerprint density at radius 1 is 1.19 bits per heavy atom. The number of nitrogens with one attached hydrogen (secondary N) is 2. The first-order chi connectivity index (χ1) is 13.3. The van der Waals surface area contributed by atoms with Crippen LogP contribution in [0.25, 0.3) is 22.6 Å². The third-order valence-corrected chi connectivity index (χ3v) is 4.72. The predicted octanol–water partition coefficient (Wildman–Crippen LogP) is 2.08. The molecule has 1 amide bonds. The van der Waals surface area contributed by atoms with Crippen molar-refractivity contribution in [3.8, 4) is 11.4 Å². The second-order valence-corrected chi connectivity index (χ2v) is 6.57. The lowest BCUT2D eigenvalue weighted by molar-refractivity contribution is 0.0374. The summed E-state index contributed by atoms with van der Waals surface area (Å²) in [5.41, 5.74) is 2.75. The molecule has 2 aromatic heterocycles. The van der Waals surface area contributed by atoms with Gasteiger partial charge in [0.25, 0.3) is 5.91 Å². The molecule has 4 rings (SSSR count). The molecule has 0 spiro atoms. The summed E-state index contributed by atoms with van der Waals surface area (Å²) in [6.45, 7) is 5.14. The average molecular weight is 365 g/mol. The fraction of sp³-hybridized carbons (Fsp3) is 0.350. The van der Waals surface area contributed by atoms with E-state index in [1.54, 1.807) is 12.3 Å². The van der Waals surface area contributed by atoms with Gasteiger partial charge in [-0.25, -0.2) is 9.97 Å². The van der Waals surface area contributed by atoms with Crippen molar-refractivity contribution in [2.75, 3.05) is 39.4 Å². The number of nitrogens with zero attached hydrogens (tertiary/aromatic N) is 3. The van der Waals surface area contributed by atoms with Crippen molar-refractivity contribution in [2.45, 2.75) is 6.42 Å². The summed E-state index contributed by atoms with van der Waals surface area (Å²) >= 11 is 0. The Hall–Kier alpha value is -2.77. The molecule has 3 heterocycles. The smallest absolute Gasteiger partial charge is 0.253 e. The van der Waals surface area contributed by atoms with Crippen LogP contribution in [0.2, 0.25) is 0 Å². The number of H-pyrrole nitrogens is 1. The summed E-state index contributed by atoms with van der Waals surface area (Å²) in [4.78, 5) is 27.1. The normalized spacial score (nSPS) is 15.1. The Morgan fingerprint density at radius 3 is 2.81 bits per heavy atom. The number of pyridine rings is 1. The van der Waals surface area contributed by atoms with Crippen molar-refractivity contribution in [1.29, 1.82) is 0 Å². The van der Waals surface area contributed by atoms with E-state index < -0.39 is 0 Å². The maximum Gasteiger partial charge on any atom is 0.253 e. The quantitative estimate of drug-likeness (QED) is 0.654. The molecule has 1 aromatic carbocycles. The number of benzene rings is 1. The van der Waals surface area contributed by atoms with Crippen molar-refractivity contribution < 1.29 is 9.53 Å². The van der Waals surface area contributed by atoms with Gasteiger partial charge in [0, 0.05) is 31.4 Å². The van der Waals surface area contributed by atoms with Crippen LogP contribution in [-0.4, -0.2) is 65.2 Å². The van der Waals surface area contributed by atoms with Gasteiger partial charge in [0.1, 0.15) is 5.82 Å². The van der Waals surface area contributed by atoms with Crippen molar-refractivity contribution in [3.63, 3.8) is 0 Å². The first-order valence-electron chi connectivity index (χ1n) is 9.30. The van der Waals surface area contributed by atoms with Crippen LogP contribution >= 0.6 is 0 Å². The zero-order chi connectivity index (χ0) is 18.5. The van der Waals surface area contributed by atoms with Crippen LogP contribution in [0.3, 0.4) is 0 Å². The Labute approximate surface area is 157 Å². The van der Waals surface area contributed by atoms with Crippen LogP contribution < -0.4 is 5.32 Å². The zero-order valence-corrected chi connectivity index (χ0v) is 15.1. The summed E-state index contributed by atoms with van der Waals surface area (Å²) in [6.07, 6.45) is 2.54. The second kappa shape index (κ2) is 8.28. The van der Waals surface area contributed by atoms with Gasteiger partial charge >= 0.3 is 0 Å². The number of carbonyl (C=O) groups is 1. The molecular formula is C20H23N5O2. The van der Waals surface area contributed by atoms with Crippen molar-refractivity contribution in [3.05, 3.63) is 48.2 Å². The fourth-order valence-corrected chi connectivity index (χ4v) is 3.26. The first-order valence-corrected chi connectivity index (χ1v) is 9.30. The molecule has 0 bridgehead atoms. The van der Waals surface area contributed by atoms with Gasteiger partial charge in [-0.05, 0) is 19.0 Å². The monoisotopic (exact) mass is 365 g/mol. The van der Waals surface area contributed by atoms with Gasteiger partial charge in [0.05, 0.1) is 24.3 Å². The average Bonchev–Trinajstić information content (AvgIpc) is 3.17. The van der Waals surface area contributed by atoms with E-state index in [1.807, 2.05) is 30.3 Å². The summed E-state index contributed by atoms with van der Waals surface area (Å²) < 4.78 is 5.35. The van der Waals surface area contributed by atoms with Gasteiger partial charge in [-0.3, -0.25) is 9.69 Å².